The third-order valence-electron chi connectivity index (χ3n) is 6.26. The molecule has 1 aromatic rings. The molecule has 0 saturated heterocycles. The highest BCUT2D eigenvalue weighted by atomic mass is 16.3. The maximum Gasteiger partial charge on any atom is 0.130 e. The smallest absolute Gasteiger partial charge is 0.130 e. The molecule has 4 bridgehead atoms. The number of rotatable bonds is 3. The van der Waals surface area contributed by atoms with Crippen LogP contribution in [0.15, 0.2) is 22.3 Å². The van der Waals surface area contributed by atoms with Gasteiger partial charge in [-0.25, -0.2) is 0 Å². The van der Waals surface area contributed by atoms with E-state index in [-0.39, 0.29) is 0 Å². The van der Waals surface area contributed by atoms with Crippen LogP contribution in [0.1, 0.15) is 49.8 Å². The topological polar surface area (TPSA) is 25.2 Å². The molecule has 0 amide bonds. The minimum atomic E-state index is 0.485. The fourth-order valence-electron chi connectivity index (χ4n) is 5.84. The summed E-state index contributed by atoms with van der Waals surface area (Å²) in [6.45, 7) is 1.07. The van der Waals surface area contributed by atoms with Crippen molar-refractivity contribution >= 4 is 6.08 Å². The van der Waals surface area contributed by atoms with E-state index >= 15 is 0 Å². The summed E-state index contributed by atoms with van der Waals surface area (Å²) in [5.74, 6) is 4.18. The van der Waals surface area contributed by atoms with Gasteiger partial charge in [-0.3, -0.25) is 0 Å². The highest BCUT2D eigenvalue weighted by Crippen LogP contribution is 2.55. The number of fused-ring (bicyclic) bond motifs is 1. The van der Waals surface area contributed by atoms with Crippen LogP contribution in [0.25, 0.3) is 6.08 Å². The number of nitrogens with one attached hydrogen (secondary N) is 1. The van der Waals surface area contributed by atoms with E-state index in [0.29, 0.717) is 5.54 Å². The zero-order valence-electron chi connectivity index (χ0n) is 12.0. The Kier molecular flexibility index (Phi) is 2.33. The van der Waals surface area contributed by atoms with E-state index in [4.69, 9.17) is 4.42 Å². The van der Waals surface area contributed by atoms with Crippen LogP contribution in [-0.4, -0.2) is 12.1 Å². The lowest BCUT2D eigenvalue weighted by Gasteiger charge is -2.57. The van der Waals surface area contributed by atoms with Gasteiger partial charge in [0, 0.05) is 17.6 Å². The predicted molar refractivity (Wildman–Crippen MR) is 79.3 cm³/mol. The van der Waals surface area contributed by atoms with E-state index in [1.807, 2.05) is 6.26 Å². The normalized spacial score (nSPS) is 41.0. The molecule has 1 N–H and O–H groups in total. The Morgan fingerprint density at radius 3 is 2.45 bits per heavy atom. The summed E-state index contributed by atoms with van der Waals surface area (Å²) in [5, 5.41) is 3.98. The second-order valence-corrected chi connectivity index (χ2v) is 7.84. The largest absolute Gasteiger partial charge is 0.465 e. The monoisotopic (exact) mass is 269 g/mol. The summed E-state index contributed by atoms with van der Waals surface area (Å²) >= 11 is 0. The highest BCUT2D eigenvalue weighted by Gasteiger charge is 2.50. The molecule has 5 aliphatic carbocycles. The van der Waals surface area contributed by atoms with Crippen LogP contribution in [0.4, 0.5) is 0 Å². The van der Waals surface area contributed by atoms with Crippen LogP contribution in [0.5, 0.6) is 0 Å². The van der Waals surface area contributed by atoms with Crippen molar-refractivity contribution in [1.29, 1.82) is 0 Å². The molecular formula is C18H23NO. The lowest BCUT2D eigenvalue weighted by atomic mass is 9.53. The molecule has 20 heavy (non-hydrogen) atoms. The van der Waals surface area contributed by atoms with Gasteiger partial charge in [-0.1, -0.05) is 0 Å². The van der Waals surface area contributed by atoms with Gasteiger partial charge >= 0.3 is 0 Å². The van der Waals surface area contributed by atoms with Crippen molar-refractivity contribution in [1.82, 2.24) is 5.32 Å². The Morgan fingerprint density at radius 1 is 1.10 bits per heavy atom. The molecule has 0 atom stereocenters. The van der Waals surface area contributed by atoms with Crippen molar-refractivity contribution in [2.24, 2.45) is 17.8 Å². The van der Waals surface area contributed by atoms with Gasteiger partial charge in [-0.05, 0) is 80.4 Å². The molecule has 1 aromatic heterocycles. The zero-order valence-corrected chi connectivity index (χ0v) is 12.0. The summed E-state index contributed by atoms with van der Waals surface area (Å²) in [6.07, 6.45) is 14.0. The number of hydrogen-bond acceptors (Lipinski definition) is 2. The van der Waals surface area contributed by atoms with Gasteiger partial charge in [0.25, 0.3) is 0 Å². The third kappa shape index (κ3) is 1.74. The third-order valence-corrected chi connectivity index (χ3v) is 6.26. The minimum Gasteiger partial charge on any atom is -0.465 e. The maximum atomic E-state index is 5.50. The Morgan fingerprint density at radius 2 is 1.80 bits per heavy atom. The SMILES string of the molecule is C1=C(CNC23CC4CC(CC(C4)C2)C3)Cc2ccoc21. The van der Waals surface area contributed by atoms with Crippen LogP contribution in [0, 0.1) is 17.8 Å². The fraction of sp³-hybridized carbons (Fsp3) is 0.667. The van der Waals surface area contributed by atoms with Gasteiger partial charge in [-0.15, -0.1) is 0 Å². The van der Waals surface area contributed by atoms with E-state index in [2.05, 4.69) is 17.5 Å². The summed E-state index contributed by atoms with van der Waals surface area (Å²) in [4.78, 5) is 0. The lowest BCUT2D eigenvalue weighted by Crippen LogP contribution is -2.58. The van der Waals surface area contributed by atoms with Crippen molar-refractivity contribution in [3.63, 3.8) is 0 Å². The van der Waals surface area contributed by atoms with Gasteiger partial charge in [0.05, 0.1) is 6.26 Å². The van der Waals surface area contributed by atoms with Crippen molar-refractivity contribution < 1.29 is 4.42 Å². The molecule has 6 rings (SSSR count). The van der Waals surface area contributed by atoms with Crippen LogP contribution in [0.3, 0.4) is 0 Å². The summed E-state index contributed by atoms with van der Waals surface area (Å²) < 4.78 is 5.50. The van der Waals surface area contributed by atoms with Gasteiger partial charge < -0.3 is 9.73 Å². The first-order chi connectivity index (χ1) is 9.78. The molecule has 0 aromatic carbocycles. The summed E-state index contributed by atoms with van der Waals surface area (Å²) in [6, 6.07) is 2.11. The average molecular weight is 269 g/mol. The Labute approximate surface area is 120 Å². The molecule has 0 aliphatic heterocycles. The van der Waals surface area contributed by atoms with Gasteiger partial charge in [0.1, 0.15) is 5.76 Å². The van der Waals surface area contributed by atoms with E-state index < -0.39 is 0 Å². The number of furan rings is 1. The second-order valence-electron chi connectivity index (χ2n) is 7.84. The second kappa shape index (κ2) is 4.00. The van der Waals surface area contributed by atoms with Crippen LogP contribution >= 0.6 is 0 Å². The summed E-state index contributed by atoms with van der Waals surface area (Å²) in [7, 11) is 0. The Bertz CT molecular complexity index is 532. The van der Waals surface area contributed by atoms with Crippen LogP contribution < -0.4 is 5.32 Å². The molecule has 4 fully saturated rings. The first-order valence-electron chi connectivity index (χ1n) is 8.29. The standard InChI is InChI=1S/C18H23NO/c1-2-20-17-7-15(6-16(1)17)11-19-18-8-12-3-13(9-18)5-14(4-12)10-18/h1-2,7,12-14,19H,3-6,8-11H2. The first kappa shape index (κ1) is 11.6. The fourth-order valence-corrected chi connectivity index (χ4v) is 5.84. The van der Waals surface area contributed by atoms with Gasteiger partial charge in [0.15, 0.2) is 0 Å². The van der Waals surface area contributed by atoms with Gasteiger partial charge in [0.2, 0.25) is 0 Å². The molecule has 106 valence electrons. The lowest BCUT2D eigenvalue weighted by molar-refractivity contribution is -0.0182. The van der Waals surface area contributed by atoms with Crippen LogP contribution in [0.2, 0.25) is 0 Å². The van der Waals surface area contributed by atoms with Crippen molar-refractivity contribution in [3.05, 3.63) is 29.2 Å². The molecule has 1 heterocycles. The maximum absolute atomic E-state index is 5.50. The first-order valence-corrected chi connectivity index (χ1v) is 8.29. The molecule has 2 heteroatoms. The number of hydrogen-bond donors (Lipinski definition) is 1. The Hall–Kier alpha value is -1.02. The van der Waals surface area contributed by atoms with E-state index in [1.54, 1.807) is 0 Å². The quantitative estimate of drug-likeness (QED) is 0.903. The molecule has 5 aliphatic rings. The zero-order chi connectivity index (χ0) is 13.2. The molecule has 0 radical (unpaired) electrons. The average Bonchev–Trinajstić information content (AvgIpc) is 2.95. The van der Waals surface area contributed by atoms with Crippen molar-refractivity contribution in [3.8, 4) is 0 Å². The van der Waals surface area contributed by atoms with E-state index in [0.717, 1.165) is 36.5 Å². The molecular weight excluding hydrogens is 246 g/mol. The van der Waals surface area contributed by atoms with Crippen molar-refractivity contribution in [2.45, 2.75) is 50.5 Å². The van der Waals surface area contributed by atoms with Crippen molar-refractivity contribution in [2.75, 3.05) is 6.54 Å². The van der Waals surface area contributed by atoms with E-state index in [1.165, 1.54) is 49.7 Å². The molecule has 0 unspecified atom stereocenters. The molecule has 4 saturated carbocycles. The molecule has 0 spiro atoms. The van der Waals surface area contributed by atoms with Crippen LogP contribution in [-0.2, 0) is 6.42 Å². The molecule has 2 nitrogen and oxygen atoms in total. The minimum absolute atomic E-state index is 0.485. The van der Waals surface area contributed by atoms with Gasteiger partial charge in [-0.2, -0.15) is 0 Å². The predicted octanol–water partition coefficient (Wildman–Crippen LogP) is 3.78. The summed E-state index contributed by atoms with van der Waals surface area (Å²) in [5.41, 5.74) is 3.36. The van der Waals surface area contributed by atoms with E-state index in [9.17, 15) is 0 Å². The Balaban J connectivity index is 1.30. The highest BCUT2D eigenvalue weighted by molar-refractivity contribution is 5.59.